The van der Waals surface area contributed by atoms with Crippen molar-refractivity contribution in [3.63, 3.8) is 0 Å². The summed E-state index contributed by atoms with van der Waals surface area (Å²) in [6, 6.07) is 14.1. The molecule has 128 valence electrons. The molecule has 1 amide bonds. The van der Waals surface area contributed by atoms with Gasteiger partial charge < -0.3 is 10.3 Å². The topological polar surface area (TPSA) is 106 Å². The Kier molecular flexibility index (Phi) is 3.77. The highest BCUT2D eigenvalue weighted by atomic mass is 16.2. The second kappa shape index (κ2) is 6.25. The first-order valence-corrected chi connectivity index (χ1v) is 7.91. The van der Waals surface area contributed by atoms with E-state index < -0.39 is 5.91 Å². The number of pyridine rings is 1. The molecular weight excluding hydrogens is 332 g/mol. The third kappa shape index (κ3) is 2.73. The zero-order valence-electron chi connectivity index (χ0n) is 13.8. The van der Waals surface area contributed by atoms with E-state index in [0.717, 1.165) is 0 Å². The fraction of sp³-hybridized carbons (Fsp3) is 0.0556. The van der Waals surface area contributed by atoms with Gasteiger partial charge in [-0.25, -0.2) is 0 Å². The Morgan fingerprint density at radius 3 is 2.81 bits per heavy atom. The van der Waals surface area contributed by atoms with Crippen LogP contribution in [-0.2, 0) is 0 Å². The fourth-order valence-electron chi connectivity index (χ4n) is 2.72. The molecule has 0 unspecified atom stereocenters. The van der Waals surface area contributed by atoms with E-state index in [2.05, 4.69) is 25.8 Å². The summed E-state index contributed by atoms with van der Waals surface area (Å²) < 4.78 is 1.55. The summed E-state index contributed by atoms with van der Waals surface area (Å²) in [5, 5.41) is 14.6. The average Bonchev–Trinajstić information content (AvgIpc) is 3.08. The summed E-state index contributed by atoms with van der Waals surface area (Å²) in [7, 11) is 0. The van der Waals surface area contributed by atoms with Gasteiger partial charge in [-0.1, -0.05) is 18.2 Å². The molecule has 0 saturated heterocycles. The van der Waals surface area contributed by atoms with Crippen molar-refractivity contribution < 1.29 is 4.79 Å². The van der Waals surface area contributed by atoms with Crippen molar-refractivity contribution in [3.05, 3.63) is 76.3 Å². The Hall–Kier alpha value is -3.81. The van der Waals surface area contributed by atoms with Gasteiger partial charge in [0.15, 0.2) is 5.82 Å². The van der Waals surface area contributed by atoms with Gasteiger partial charge in [-0.05, 0) is 47.7 Å². The van der Waals surface area contributed by atoms with E-state index in [4.69, 9.17) is 0 Å². The second-order valence-electron chi connectivity index (χ2n) is 5.72. The van der Waals surface area contributed by atoms with Crippen LogP contribution in [0.1, 0.15) is 16.2 Å². The minimum atomic E-state index is -0.484. The van der Waals surface area contributed by atoms with Crippen molar-refractivity contribution in [2.75, 3.05) is 5.32 Å². The number of nitrogens with one attached hydrogen (secondary N) is 2. The maximum atomic E-state index is 12.6. The van der Waals surface area contributed by atoms with Gasteiger partial charge in [-0.3, -0.25) is 9.59 Å². The van der Waals surface area contributed by atoms with E-state index in [1.807, 2.05) is 12.1 Å². The molecule has 4 rings (SSSR count). The van der Waals surface area contributed by atoms with E-state index in [9.17, 15) is 9.59 Å². The van der Waals surface area contributed by atoms with Crippen molar-refractivity contribution in [1.82, 2.24) is 25.2 Å². The van der Waals surface area contributed by atoms with Crippen LogP contribution in [0.4, 0.5) is 5.69 Å². The molecule has 2 heterocycles. The van der Waals surface area contributed by atoms with E-state index in [0.29, 0.717) is 28.1 Å². The highest BCUT2D eigenvalue weighted by molar-refractivity contribution is 6.05. The molecule has 0 radical (unpaired) electrons. The predicted octanol–water partition coefficient (Wildman–Crippen LogP) is 2.06. The molecule has 8 heteroatoms. The van der Waals surface area contributed by atoms with Gasteiger partial charge in [0.25, 0.3) is 5.91 Å². The van der Waals surface area contributed by atoms with Gasteiger partial charge in [0.05, 0.1) is 5.69 Å². The number of carbonyl (C=O) groups is 1. The molecule has 0 saturated carbocycles. The van der Waals surface area contributed by atoms with Gasteiger partial charge in [0, 0.05) is 22.8 Å². The van der Waals surface area contributed by atoms with Crippen LogP contribution in [0.5, 0.6) is 0 Å². The molecule has 8 nitrogen and oxygen atoms in total. The molecule has 2 aromatic heterocycles. The van der Waals surface area contributed by atoms with Crippen molar-refractivity contribution in [1.29, 1.82) is 0 Å². The first kappa shape index (κ1) is 15.7. The molecule has 0 atom stereocenters. The zero-order valence-corrected chi connectivity index (χ0v) is 13.8. The number of aromatic amines is 1. The van der Waals surface area contributed by atoms with Gasteiger partial charge in [0.1, 0.15) is 5.56 Å². The minimum Gasteiger partial charge on any atom is -0.360 e. The Bertz CT molecular complexity index is 1180. The molecule has 0 bridgehead atoms. The minimum absolute atomic E-state index is 0.0488. The Balaban J connectivity index is 1.66. The number of para-hydroxylation sites is 1. The average molecular weight is 346 g/mol. The van der Waals surface area contributed by atoms with E-state index in [1.54, 1.807) is 48.0 Å². The maximum absolute atomic E-state index is 12.6. The van der Waals surface area contributed by atoms with E-state index in [-0.39, 0.29) is 11.0 Å². The number of hydrogen-bond acceptors (Lipinski definition) is 5. The number of tetrazole rings is 1. The molecule has 0 aliphatic rings. The van der Waals surface area contributed by atoms with Gasteiger partial charge in [-0.2, -0.15) is 4.68 Å². The van der Waals surface area contributed by atoms with E-state index in [1.165, 1.54) is 6.20 Å². The summed E-state index contributed by atoms with van der Waals surface area (Å²) >= 11 is 0. The lowest BCUT2D eigenvalue weighted by Gasteiger charge is -2.08. The number of fused-ring (bicyclic) bond motifs is 1. The monoisotopic (exact) mass is 346 g/mol. The number of anilines is 1. The van der Waals surface area contributed by atoms with Crippen molar-refractivity contribution >= 4 is 22.5 Å². The van der Waals surface area contributed by atoms with Crippen LogP contribution >= 0.6 is 0 Å². The number of benzene rings is 2. The standard InChI is InChI=1S/C18H14N6O2/c1-11-21-22-23-24(11)13-6-4-5-12(9-13)20-18(26)15-10-19-16-8-3-2-7-14(16)17(15)25/h2-10H,1H3,(H,19,25)(H,20,26). The molecule has 2 N–H and O–H groups in total. The second-order valence-corrected chi connectivity index (χ2v) is 5.72. The van der Waals surface area contributed by atoms with Crippen LogP contribution in [0, 0.1) is 6.92 Å². The number of nitrogens with zero attached hydrogens (tertiary/aromatic N) is 4. The normalized spacial score (nSPS) is 10.8. The smallest absolute Gasteiger partial charge is 0.261 e. The lowest BCUT2D eigenvalue weighted by Crippen LogP contribution is -2.22. The summed E-state index contributed by atoms with van der Waals surface area (Å²) in [6.07, 6.45) is 1.43. The largest absolute Gasteiger partial charge is 0.360 e. The SMILES string of the molecule is Cc1nnnn1-c1cccc(NC(=O)c2c[nH]c3ccccc3c2=O)c1. The van der Waals surface area contributed by atoms with Crippen molar-refractivity contribution in [3.8, 4) is 5.69 Å². The van der Waals surface area contributed by atoms with Crippen LogP contribution < -0.4 is 10.7 Å². The number of aromatic nitrogens is 5. The number of amides is 1. The lowest BCUT2D eigenvalue weighted by atomic mass is 10.1. The van der Waals surface area contributed by atoms with Gasteiger partial charge >= 0.3 is 0 Å². The summed E-state index contributed by atoms with van der Waals surface area (Å²) in [5.74, 6) is 0.141. The molecule has 0 spiro atoms. The Morgan fingerprint density at radius 1 is 1.15 bits per heavy atom. The highest BCUT2D eigenvalue weighted by Gasteiger charge is 2.13. The number of rotatable bonds is 3. The third-order valence-corrected chi connectivity index (χ3v) is 4.01. The van der Waals surface area contributed by atoms with Gasteiger partial charge in [0.2, 0.25) is 5.43 Å². The number of hydrogen-bond donors (Lipinski definition) is 2. The third-order valence-electron chi connectivity index (χ3n) is 4.01. The first-order chi connectivity index (χ1) is 12.6. The number of H-pyrrole nitrogens is 1. The van der Waals surface area contributed by atoms with Crippen molar-refractivity contribution in [2.45, 2.75) is 6.92 Å². The molecule has 0 fully saturated rings. The lowest BCUT2D eigenvalue weighted by molar-refractivity contribution is 0.102. The summed E-state index contributed by atoms with van der Waals surface area (Å²) in [5.41, 5.74) is 1.66. The molecule has 4 aromatic rings. The molecule has 0 aliphatic carbocycles. The van der Waals surface area contributed by atoms with Crippen LogP contribution in [-0.4, -0.2) is 31.1 Å². The fourth-order valence-corrected chi connectivity index (χ4v) is 2.72. The molecular formula is C18H14N6O2. The zero-order chi connectivity index (χ0) is 18.1. The quantitative estimate of drug-likeness (QED) is 0.591. The van der Waals surface area contributed by atoms with Crippen LogP contribution in [0.2, 0.25) is 0 Å². The maximum Gasteiger partial charge on any atom is 0.261 e. The van der Waals surface area contributed by atoms with E-state index >= 15 is 0 Å². The number of aryl methyl sites for hydroxylation is 1. The molecule has 0 aliphatic heterocycles. The summed E-state index contributed by atoms with van der Waals surface area (Å²) in [4.78, 5) is 28.1. The Labute approximate surface area is 147 Å². The first-order valence-electron chi connectivity index (χ1n) is 7.91. The van der Waals surface area contributed by atoms with Crippen LogP contribution in [0.25, 0.3) is 16.6 Å². The molecule has 26 heavy (non-hydrogen) atoms. The van der Waals surface area contributed by atoms with Crippen molar-refractivity contribution in [2.24, 2.45) is 0 Å². The summed E-state index contributed by atoms with van der Waals surface area (Å²) in [6.45, 7) is 1.78. The van der Waals surface area contributed by atoms with Gasteiger partial charge in [-0.15, -0.1) is 5.10 Å². The van der Waals surface area contributed by atoms with Crippen LogP contribution in [0.3, 0.4) is 0 Å². The van der Waals surface area contributed by atoms with Crippen LogP contribution in [0.15, 0.2) is 59.5 Å². The predicted molar refractivity (Wildman–Crippen MR) is 96.4 cm³/mol. The number of carbonyl (C=O) groups excluding carboxylic acids is 1. The highest BCUT2D eigenvalue weighted by Crippen LogP contribution is 2.15. The Morgan fingerprint density at radius 2 is 2.00 bits per heavy atom. The molecule has 2 aromatic carbocycles.